The van der Waals surface area contributed by atoms with Crippen molar-refractivity contribution < 1.29 is 17.9 Å². The molecule has 0 aromatic heterocycles. The molecule has 3 aliphatic rings. The Morgan fingerprint density at radius 3 is 2.59 bits per heavy atom. The lowest BCUT2D eigenvalue weighted by molar-refractivity contribution is -0.144. The first kappa shape index (κ1) is 18.7. The summed E-state index contributed by atoms with van der Waals surface area (Å²) in [6.45, 7) is 4.53. The van der Waals surface area contributed by atoms with Crippen LogP contribution in [0.5, 0.6) is 5.75 Å². The second kappa shape index (κ2) is 7.43. The van der Waals surface area contributed by atoms with E-state index in [1.807, 2.05) is 36.1 Å². The first-order chi connectivity index (χ1) is 13.0. The Bertz CT molecular complexity index is 806. The van der Waals surface area contributed by atoms with Crippen LogP contribution < -0.4 is 4.74 Å². The van der Waals surface area contributed by atoms with Crippen LogP contribution in [0.4, 0.5) is 0 Å². The Hall–Kier alpha value is -1.60. The average Bonchev–Trinajstić information content (AvgIpc) is 2.90. The molecule has 27 heavy (non-hydrogen) atoms. The van der Waals surface area contributed by atoms with Gasteiger partial charge in [-0.2, -0.15) is 0 Å². The van der Waals surface area contributed by atoms with Crippen LogP contribution in [0.3, 0.4) is 0 Å². The molecular formula is C20H28N2O4S. The molecule has 2 atom stereocenters. The smallest absolute Gasteiger partial charge is 0.226 e. The number of amides is 1. The standard InChI is InChI=1S/C20H28N2O4S/c1-2-26-19-9-4-3-6-16(19)12-21-10-11-22(20(23)15-7-5-8-15)18-14-27(24,25)13-17(18)21/h3-4,6,9,15,17-18H,2,5,7-8,10-14H2,1H3/t17-,18+/m0/s1. The number of hydrogen-bond acceptors (Lipinski definition) is 5. The number of sulfone groups is 1. The normalized spacial score (nSPS) is 27.8. The lowest BCUT2D eigenvalue weighted by atomic mass is 9.83. The minimum atomic E-state index is -3.12. The number of para-hydroxylation sites is 1. The van der Waals surface area contributed by atoms with Gasteiger partial charge in [-0.25, -0.2) is 8.42 Å². The number of hydrogen-bond donors (Lipinski definition) is 0. The van der Waals surface area contributed by atoms with Gasteiger partial charge in [-0.05, 0) is 25.8 Å². The number of piperazine rings is 1. The fourth-order valence-corrected chi connectivity index (χ4v) is 6.55. The highest BCUT2D eigenvalue weighted by atomic mass is 32.2. The number of ether oxygens (including phenoxy) is 1. The summed E-state index contributed by atoms with van der Waals surface area (Å²) >= 11 is 0. The van der Waals surface area contributed by atoms with Crippen molar-refractivity contribution in [1.29, 1.82) is 0 Å². The molecule has 0 spiro atoms. The zero-order valence-corrected chi connectivity index (χ0v) is 16.7. The molecule has 6 nitrogen and oxygen atoms in total. The second-order valence-electron chi connectivity index (χ2n) is 7.88. The monoisotopic (exact) mass is 392 g/mol. The van der Waals surface area contributed by atoms with Gasteiger partial charge < -0.3 is 9.64 Å². The van der Waals surface area contributed by atoms with Crippen molar-refractivity contribution in [2.75, 3.05) is 31.2 Å². The van der Waals surface area contributed by atoms with Crippen molar-refractivity contribution >= 4 is 15.7 Å². The van der Waals surface area contributed by atoms with Gasteiger partial charge in [-0.3, -0.25) is 9.69 Å². The van der Waals surface area contributed by atoms with Gasteiger partial charge >= 0.3 is 0 Å². The molecule has 0 radical (unpaired) electrons. The SMILES string of the molecule is CCOc1ccccc1CN1CCN(C(=O)C2CCC2)[C@@H]2CS(=O)(=O)C[C@@H]21. The van der Waals surface area contributed by atoms with Crippen molar-refractivity contribution in [1.82, 2.24) is 9.80 Å². The Morgan fingerprint density at radius 1 is 1.15 bits per heavy atom. The molecular weight excluding hydrogens is 364 g/mol. The van der Waals surface area contributed by atoms with E-state index in [1.54, 1.807) is 0 Å². The van der Waals surface area contributed by atoms with E-state index in [0.717, 1.165) is 30.6 Å². The van der Waals surface area contributed by atoms with Crippen LogP contribution in [0.15, 0.2) is 24.3 Å². The van der Waals surface area contributed by atoms with Gasteiger partial charge in [0.05, 0.1) is 24.2 Å². The third-order valence-electron chi connectivity index (χ3n) is 6.17. The summed E-state index contributed by atoms with van der Waals surface area (Å²) in [5.41, 5.74) is 1.07. The number of benzene rings is 1. The maximum atomic E-state index is 12.8. The number of rotatable bonds is 5. The number of fused-ring (bicyclic) bond motifs is 1. The first-order valence-corrected chi connectivity index (χ1v) is 11.8. The third-order valence-corrected chi connectivity index (χ3v) is 7.87. The summed E-state index contributed by atoms with van der Waals surface area (Å²) in [6, 6.07) is 7.59. The molecule has 1 aromatic carbocycles. The van der Waals surface area contributed by atoms with Crippen molar-refractivity contribution in [2.45, 2.75) is 44.8 Å². The van der Waals surface area contributed by atoms with E-state index in [-0.39, 0.29) is 35.4 Å². The van der Waals surface area contributed by atoms with Crippen LogP contribution in [0.25, 0.3) is 0 Å². The van der Waals surface area contributed by atoms with E-state index < -0.39 is 9.84 Å². The molecule has 2 saturated heterocycles. The number of nitrogens with zero attached hydrogens (tertiary/aromatic N) is 2. The highest BCUT2D eigenvalue weighted by molar-refractivity contribution is 7.91. The van der Waals surface area contributed by atoms with Crippen molar-refractivity contribution in [3.63, 3.8) is 0 Å². The summed E-state index contributed by atoms with van der Waals surface area (Å²) in [5.74, 6) is 1.37. The predicted octanol–water partition coefficient (Wildman–Crippen LogP) is 1.70. The molecule has 1 amide bonds. The molecule has 1 saturated carbocycles. The van der Waals surface area contributed by atoms with E-state index in [9.17, 15) is 13.2 Å². The maximum Gasteiger partial charge on any atom is 0.226 e. The quantitative estimate of drug-likeness (QED) is 0.763. The van der Waals surface area contributed by atoms with Crippen LogP contribution in [-0.2, 0) is 21.2 Å². The van der Waals surface area contributed by atoms with Gasteiger partial charge in [0.2, 0.25) is 5.91 Å². The van der Waals surface area contributed by atoms with Gasteiger partial charge in [0.15, 0.2) is 9.84 Å². The minimum absolute atomic E-state index is 0.0970. The van der Waals surface area contributed by atoms with Crippen LogP contribution in [-0.4, -0.2) is 67.4 Å². The lowest BCUT2D eigenvalue weighted by Crippen LogP contribution is -2.61. The predicted molar refractivity (Wildman–Crippen MR) is 103 cm³/mol. The van der Waals surface area contributed by atoms with Crippen LogP contribution in [0.1, 0.15) is 31.7 Å². The molecule has 1 aromatic rings. The molecule has 2 aliphatic heterocycles. The van der Waals surface area contributed by atoms with Crippen LogP contribution in [0, 0.1) is 5.92 Å². The van der Waals surface area contributed by atoms with Crippen molar-refractivity contribution in [3.05, 3.63) is 29.8 Å². The Balaban J connectivity index is 1.55. The van der Waals surface area contributed by atoms with E-state index in [4.69, 9.17) is 4.74 Å². The summed E-state index contributed by atoms with van der Waals surface area (Å²) in [5, 5.41) is 0. The van der Waals surface area contributed by atoms with Crippen LogP contribution >= 0.6 is 0 Å². The molecule has 0 bridgehead atoms. The molecule has 2 heterocycles. The second-order valence-corrected chi connectivity index (χ2v) is 10.0. The number of carbonyl (C=O) groups excluding carboxylic acids is 1. The van der Waals surface area contributed by atoms with Gasteiger partial charge in [0, 0.05) is 37.2 Å². The largest absolute Gasteiger partial charge is 0.494 e. The summed E-state index contributed by atoms with van der Waals surface area (Å²) in [4.78, 5) is 16.9. The van der Waals surface area contributed by atoms with E-state index in [0.29, 0.717) is 26.2 Å². The van der Waals surface area contributed by atoms with Crippen molar-refractivity contribution in [3.8, 4) is 5.75 Å². The number of carbonyl (C=O) groups is 1. The first-order valence-electron chi connectivity index (χ1n) is 9.94. The summed E-state index contributed by atoms with van der Waals surface area (Å²) in [6.07, 6.45) is 3.01. The van der Waals surface area contributed by atoms with E-state index >= 15 is 0 Å². The Kier molecular flexibility index (Phi) is 5.16. The van der Waals surface area contributed by atoms with Crippen molar-refractivity contribution in [2.24, 2.45) is 5.92 Å². The van der Waals surface area contributed by atoms with Crippen LogP contribution in [0.2, 0.25) is 0 Å². The molecule has 4 rings (SSSR count). The maximum absolute atomic E-state index is 12.8. The highest BCUT2D eigenvalue weighted by Gasteiger charge is 2.49. The summed E-state index contributed by atoms with van der Waals surface area (Å²) in [7, 11) is -3.12. The summed E-state index contributed by atoms with van der Waals surface area (Å²) < 4.78 is 30.5. The average molecular weight is 393 g/mol. The topological polar surface area (TPSA) is 66.9 Å². The van der Waals surface area contributed by atoms with Gasteiger partial charge in [0.1, 0.15) is 5.75 Å². The zero-order chi connectivity index (χ0) is 19.0. The fraction of sp³-hybridized carbons (Fsp3) is 0.650. The zero-order valence-electron chi connectivity index (χ0n) is 15.8. The fourth-order valence-electron chi connectivity index (χ4n) is 4.53. The Morgan fingerprint density at radius 2 is 1.89 bits per heavy atom. The minimum Gasteiger partial charge on any atom is -0.494 e. The molecule has 0 unspecified atom stereocenters. The van der Waals surface area contributed by atoms with E-state index in [2.05, 4.69) is 4.90 Å². The van der Waals surface area contributed by atoms with Gasteiger partial charge in [0.25, 0.3) is 0 Å². The Labute approximate surface area is 161 Å². The molecule has 3 fully saturated rings. The molecule has 1 aliphatic carbocycles. The molecule has 0 N–H and O–H groups in total. The lowest BCUT2D eigenvalue weighted by Gasteiger charge is -2.46. The van der Waals surface area contributed by atoms with E-state index in [1.165, 1.54) is 0 Å². The molecule has 148 valence electrons. The van der Waals surface area contributed by atoms with Gasteiger partial charge in [-0.15, -0.1) is 0 Å². The highest BCUT2D eigenvalue weighted by Crippen LogP contribution is 2.34. The van der Waals surface area contributed by atoms with Gasteiger partial charge in [-0.1, -0.05) is 24.6 Å². The molecule has 7 heteroatoms. The third kappa shape index (κ3) is 3.72.